The van der Waals surface area contributed by atoms with Crippen molar-refractivity contribution >= 4 is 10.0 Å². The van der Waals surface area contributed by atoms with Gasteiger partial charge < -0.3 is 5.32 Å². The number of sulfonamides is 1. The molecule has 0 amide bonds. The molecule has 0 aromatic heterocycles. The van der Waals surface area contributed by atoms with Crippen LogP contribution in [-0.2, 0) is 16.4 Å². The van der Waals surface area contributed by atoms with Gasteiger partial charge in [0.2, 0.25) is 10.0 Å². The Morgan fingerprint density at radius 1 is 1.11 bits per heavy atom. The zero-order chi connectivity index (χ0) is 13.4. The number of nitrogens with one attached hydrogen (secondary N) is 2. The van der Waals surface area contributed by atoms with E-state index in [0.717, 1.165) is 25.8 Å². The molecule has 1 aromatic rings. The highest BCUT2D eigenvalue weighted by atomic mass is 32.2. The van der Waals surface area contributed by atoms with Crippen LogP contribution in [0.15, 0.2) is 29.2 Å². The largest absolute Gasteiger partial charge is 0.320 e. The van der Waals surface area contributed by atoms with E-state index >= 15 is 0 Å². The molecule has 0 saturated carbocycles. The van der Waals surface area contributed by atoms with E-state index in [0.29, 0.717) is 11.4 Å². The molecule has 2 N–H and O–H groups in total. The van der Waals surface area contributed by atoms with E-state index in [1.54, 1.807) is 12.1 Å². The Morgan fingerprint density at radius 3 is 2.33 bits per heavy atom. The first-order valence-electron chi connectivity index (χ1n) is 6.33. The Kier molecular flexibility index (Phi) is 6.32. The van der Waals surface area contributed by atoms with Gasteiger partial charge >= 0.3 is 0 Å². The zero-order valence-electron chi connectivity index (χ0n) is 11.1. The topological polar surface area (TPSA) is 58.2 Å². The Labute approximate surface area is 110 Å². The maximum atomic E-state index is 11.9. The summed E-state index contributed by atoms with van der Waals surface area (Å²) in [5.74, 6) is 0. The SMILES string of the molecule is CCCc1ccc(S(=O)(=O)NCCCNC)cc1. The minimum atomic E-state index is -3.35. The van der Waals surface area contributed by atoms with Gasteiger partial charge in [0.05, 0.1) is 4.90 Å². The van der Waals surface area contributed by atoms with Crippen LogP contribution in [0.5, 0.6) is 0 Å². The molecule has 18 heavy (non-hydrogen) atoms. The molecule has 0 saturated heterocycles. The summed E-state index contributed by atoms with van der Waals surface area (Å²) in [5.41, 5.74) is 1.17. The molecule has 0 heterocycles. The minimum Gasteiger partial charge on any atom is -0.320 e. The number of aryl methyl sites for hydroxylation is 1. The highest BCUT2D eigenvalue weighted by molar-refractivity contribution is 7.89. The van der Waals surface area contributed by atoms with Crippen LogP contribution in [0, 0.1) is 0 Å². The van der Waals surface area contributed by atoms with Gasteiger partial charge in [-0.1, -0.05) is 25.5 Å². The number of benzene rings is 1. The smallest absolute Gasteiger partial charge is 0.240 e. The van der Waals surface area contributed by atoms with Crippen molar-refractivity contribution < 1.29 is 8.42 Å². The van der Waals surface area contributed by atoms with Gasteiger partial charge in [0, 0.05) is 6.54 Å². The molecule has 0 atom stereocenters. The molecule has 1 aromatic carbocycles. The highest BCUT2D eigenvalue weighted by Gasteiger charge is 2.12. The van der Waals surface area contributed by atoms with Crippen molar-refractivity contribution in [2.75, 3.05) is 20.1 Å². The molecule has 0 aliphatic heterocycles. The van der Waals surface area contributed by atoms with Crippen molar-refractivity contribution in [1.29, 1.82) is 0 Å². The van der Waals surface area contributed by atoms with Gasteiger partial charge in [0.1, 0.15) is 0 Å². The van der Waals surface area contributed by atoms with Crippen LogP contribution in [0.25, 0.3) is 0 Å². The highest BCUT2D eigenvalue weighted by Crippen LogP contribution is 2.11. The van der Waals surface area contributed by atoms with Gasteiger partial charge in [0.25, 0.3) is 0 Å². The standard InChI is InChI=1S/C13H22N2O2S/c1-3-5-12-6-8-13(9-7-12)18(16,17)15-11-4-10-14-2/h6-9,14-15H,3-5,10-11H2,1-2H3. The van der Waals surface area contributed by atoms with Crippen LogP contribution >= 0.6 is 0 Å². The van der Waals surface area contributed by atoms with Crippen LogP contribution in [0.4, 0.5) is 0 Å². The van der Waals surface area contributed by atoms with E-state index in [4.69, 9.17) is 0 Å². The van der Waals surface area contributed by atoms with Crippen molar-refractivity contribution in [2.45, 2.75) is 31.1 Å². The van der Waals surface area contributed by atoms with Gasteiger partial charge in [-0.3, -0.25) is 0 Å². The number of hydrogen-bond acceptors (Lipinski definition) is 3. The molecule has 102 valence electrons. The predicted octanol–water partition coefficient (Wildman–Crippen LogP) is 1.53. The molecule has 0 aliphatic rings. The van der Waals surface area contributed by atoms with Gasteiger partial charge in [-0.25, -0.2) is 13.1 Å². The van der Waals surface area contributed by atoms with E-state index in [9.17, 15) is 8.42 Å². The van der Waals surface area contributed by atoms with E-state index in [1.165, 1.54) is 5.56 Å². The fourth-order valence-electron chi connectivity index (χ4n) is 1.68. The van der Waals surface area contributed by atoms with E-state index in [2.05, 4.69) is 17.0 Å². The van der Waals surface area contributed by atoms with Crippen molar-refractivity contribution in [3.8, 4) is 0 Å². The lowest BCUT2D eigenvalue weighted by Crippen LogP contribution is -2.26. The molecule has 1 rings (SSSR count). The lowest BCUT2D eigenvalue weighted by molar-refractivity contribution is 0.577. The summed E-state index contributed by atoms with van der Waals surface area (Å²) < 4.78 is 26.5. The predicted molar refractivity (Wildman–Crippen MR) is 74.2 cm³/mol. The second-order valence-corrected chi connectivity index (χ2v) is 6.02. The summed E-state index contributed by atoms with van der Waals surface area (Å²) in [6, 6.07) is 7.11. The van der Waals surface area contributed by atoms with Crippen molar-refractivity contribution in [3.05, 3.63) is 29.8 Å². The maximum absolute atomic E-state index is 11.9. The Bertz CT molecular complexity index is 441. The van der Waals surface area contributed by atoms with E-state index < -0.39 is 10.0 Å². The first kappa shape index (κ1) is 15.1. The van der Waals surface area contributed by atoms with Crippen molar-refractivity contribution in [3.63, 3.8) is 0 Å². The average Bonchev–Trinajstić information content (AvgIpc) is 2.36. The minimum absolute atomic E-state index is 0.340. The first-order chi connectivity index (χ1) is 8.60. The number of hydrogen-bond donors (Lipinski definition) is 2. The van der Waals surface area contributed by atoms with Crippen LogP contribution in [0.2, 0.25) is 0 Å². The van der Waals surface area contributed by atoms with E-state index in [1.807, 2.05) is 19.2 Å². The Hall–Kier alpha value is -0.910. The molecule has 0 aliphatic carbocycles. The third-order valence-corrected chi connectivity index (χ3v) is 4.14. The molecule has 0 spiro atoms. The normalized spacial score (nSPS) is 11.7. The quantitative estimate of drug-likeness (QED) is 0.704. The van der Waals surface area contributed by atoms with Crippen molar-refractivity contribution in [2.24, 2.45) is 0 Å². The molecule has 0 radical (unpaired) electrons. The first-order valence-corrected chi connectivity index (χ1v) is 7.81. The summed E-state index contributed by atoms with van der Waals surface area (Å²) in [6.07, 6.45) is 2.83. The van der Waals surface area contributed by atoms with Crippen LogP contribution in [-0.4, -0.2) is 28.6 Å². The molecular weight excluding hydrogens is 248 g/mol. The Morgan fingerprint density at radius 2 is 1.78 bits per heavy atom. The maximum Gasteiger partial charge on any atom is 0.240 e. The molecule has 5 heteroatoms. The fourth-order valence-corrected chi connectivity index (χ4v) is 2.75. The van der Waals surface area contributed by atoms with Crippen molar-refractivity contribution in [1.82, 2.24) is 10.0 Å². The fraction of sp³-hybridized carbons (Fsp3) is 0.538. The monoisotopic (exact) mass is 270 g/mol. The van der Waals surface area contributed by atoms with Crippen LogP contribution < -0.4 is 10.0 Å². The lowest BCUT2D eigenvalue weighted by Gasteiger charge is -2.07. The molecular formula is C13H22N2O2S. The summed E-state index contributed by atoms with van der Waals surface area (Å²) in [4.78, 5) is 0.340. The average molecular weight is 270 g/mol. The molecule has 4 nitrogen and oxygen atoms in total. The van der Waals surface area contributed by atoms with Gasteiger partial charge in [-0.15, -0.1) is 0 Å². The van der Waals surface area contributed by atoms with Gasteiger partial charge in [-0.05, 0) is 44.1 Å². The third kappa shape index (κ3) is 4.76. The second kappa shape index (κ2) is 7.51. The summed E-state index contributed by atoms with van der Waals surface area (Å²) in [7, 11) is -1.50. The third-order valence-electron chi connectivity index (χ3n) is 2.67. The number of rotatable bonds is 8. The van der Waals surface area contributed by atoms with Gasteiger partial charge in [0.15, 0.2) is 0 Å². The van der Waals surface area contributed by atoms with Crippen LogP contribution in [0.1, 0.15) is 25.3 Å². The lowest BCUT2D eigenvalue weighted by atomic mass is 10.1. The summed E-state index contributed by atoms with van der Waals surface area (Å²) >= 11 is 0. The second-order valence-electron chi connectivity index (χ2n) is 4.25. The zero-order valence-corrected chi connectivity index (χ0v) is 11.9. The molecule has 0 bridgehead atoms. The Balaban J connectivity index is 2.61. The van der Waals surface area contributed by atoms with Crippen LogP contribution in [0.3, 0.4) is 0 Å². The van der Waals surface area contributed by atoms with E-state index in [-0.39, 0.29) is 0 Å². The van der Waals surface area contributed by atoms with Gasteiger partial charge in [-0.2, -0.15) is 0 Å². The summed E-state index contributed by atoms with van der Waals surface area (Å²) in [5, 5.41) is 2.98. The summed E-state index contributed by atoms with van der Waals surface area (Å²) in [6.45, 7) is 3.37. The molecule has 0 fully saturated rings. The molecule has 0 unspecified atom stereocenters.